The maximum Gasteiger partial charge on any atom is 0.162 e. The molecule has 0 amide bonds. The SMILES string of the molecule is COc1cc(Br)cc(C2(N)CCC2)c1O. The Balaban J connectivity index is 2.50. The first kappa shape index (κ1) is 10.8. The Morgan fingerprint density at radius 2 is 2.13 bits per heavy atom. The molecule has 15 heavy (non-hydrogen) atoms. The number of hydrogen-bond donors (Lipinski definition) is 2. The molecule has 0 atom stereocenters. The van der Waals surface area contributed by atoms with Gasteiger partial charge in [0.1, 0.15) is 0 Å². The second-order valence-corrected chi connectivity index (χ2v) is 4.93. The molecule has 0 aliphatic heterocycles. The quantitative estimate of drug-likeness (QED) is 0.869. The highest BCUT2D eigenvalue weighted by Gasteiger charge is 2.37. The van der Waals surface area contributed by atoms with Gasteiger partial charge in [0.05, 0.1) is 7.11 Å². The molecule has 0 aromatic heterocycles. The number of phenols is 1. The Hall–Kier alpha value is -0.740. The van der Waals surface area contributed by atoms with Crippen molar-refractivity contribution >= 4 is 15.9 Å². The van der Waals surface area contributed by atoms with Crippen LogP contribution >= 0.6 is 15.9 Å². The summed E-state index contributed by atoms with van der Waals surface area (Å²) >= 11 is 3.39. The number of benzene rings is 1. The zero-order valence-corrected chi connectivity index (χ0v) is 10.2. The number of phenolic OH excluding ortho intramolecular Hbond substituents is 1. The van der Waals surface area contributed by atoms with Crippen LogP contribution in [0, 0.1) is 0 Å². The van der Waals surface area contributed by atoms with E-state index in [-0.39, 0.29) is 11.3 Å². The van der Waals surface area contributed by atoms with E-state index in [0.717, 1.165) is 29.3 Å². The van der Waals surface area contributed by atoms with Crippen molar-refractivity contribution in [2.24, 2.45) is 5.73 Å². The Labute approximate surface area is 97.4 Å². The normalized spacial score (nSPS) is 18.3. The monoisotopic (exact) mass is 271 g/mol. The first-order valence-electron chi connectivity index (χ1n) is 4.93. The minimum atomic E-state index is -0.374. The molecule has 0 saturated heterocycles. The van der Waals surface area contributed by atoms with E-state index in [0.29, 0.717) is 5.75 Å². The summed E-state index contributed by atoms with van der Waals surface area (Å²) in [6.07, 6.45) is 2.95. The van der Waals surface area contributed by atoms with Gasteiger partial charge in [-0.15, -0.1) is 0 Å². The maximum absolute atomic E-state index is 9.99. The predicted molar refractivity (Wildman–Crippen MR) is 62.1 cm³/mol. The van der Waals surface area contributed by atoms with Crippen LogP contribution in [-0.4, -0.2) is 12.2 Å². The molecular weight excluding hydrogens is 258 g/mol. The van der Waals surface area contributed by atoms with E-state index in [1.54, 1.807) is 6.07 Å². The molecule has 0 unspecified atom stereocenters. The second-order valence-electron chi connectivity index (χ2n) is 4.01. The molecule has 0 bridgehead atoms. The van der Waals surface area contributed by atoms with Crippen molar-refractivity contribution in [3.8, 4) is 11.5 Å². The van der Waals surface area contributed by atoms with Gasteiger partial charge >= 0.3 is 0 Å². The van der Waals surface area contributed by atoms with E-state index >= 15 is 0 Å². The minimum absolute atomic E-state index is 0.169. The summed E-state index contributed by atoms with van der Waals surface area (Å²) in [5.41, 5.74) is 6.58. The summed E-state index contributed by atoms with van der Waals surface area (Å²) in [5.74, 6) is 0.638. The van der Waals surface area contributed by atoms with Gasteiger partial charge in [-0.1, -0.05) is 15.9 Å². The lowest BCUT2D eigenvalue weighted by molar-refractivity contribution is 0.242. The molecule has 4 heteroatoms. The fourth-order valence-corrected chi connectivity index (χ4v) is 2.37. The number of nitrogens with two attached hydrogens (primary N) is 1. The van der Waals surface area contributed by atoms with Gasteiger partial charge in [-0.3, -0.25) is 0 Å². The van der Waals surface area contributed by atoms with Crippen LogP contribution in [0.4, 0.5) is 0 Å². The standard InChI is InChI=1S/C11H14BrNO2/c1-15-9-6-7(12)5-8(10(9)14)11(13)3-2-4-11/h5-6,14H,2-4,13H2,1H3. The van der Waals surface area contributed by atoms with E-state index in [1.165, 1.54) is 7.11 Å². The van der Waals surface area contributed by atoms with Crippen LogP contribution < -0.4 is 10.5 Å². The molecule has 1 aliphatic carbocycles. The molecule has 82 valence electrons. The molecule has 0 radical (unpaired) electrons. The van der Waals surface area contributed by atoms with Crippen molar-refractivity contribution in [2.45, 2.75) is 24.8 Å². The Morgan fingerprint density at radius 3 is 2.60 bits per heavy atom. The molecular formula is C11H14BrNO2. The van der Waals surface area contributed by atoms with Crippen LogP contribution in [0.15, 0.2) is 16.6 Å². The van der Waals surface area contributed by atoms with Gasteiger partial charge in [0.25, 0.3) is 0 Å². The smallest absolute Gasteiger partial charge is 0.162 e. The molecule has 1 aliphatic rings. The first-order valence-corrected chi connectivity index (χ1v) is 5.72. The molecule has 1 saturated carbocycles. The zero-order valence-electron chi connectivity index (χ0n) is 8.59. The van der Waals surface area contributed by atoms with Gasteiger partial charge < -0.3 is 15.6 Å². The largest absolute Gasteiger partial charge is 0.504 e. The Morgan fingerprint density at radius 1 is 1.47 bits per heavy atom. The third-order valence-electron chi connectivity index (χ3n) is 3.04. The fourth-order valence-electron chi connectivity index (χ4n) is 1.94. The highest BCUT2D eigenvalue weighted by molar-refractivity contribution is 9.10. The van der Waals surface area contributed by atoms with E-state index in [9.17, 15) is 5.11 Å². The van der Waals surface area contributed by atoms with Gasteiger partial charge in [-0.25, -0.2) is 0 Å². The summed E-state index contributed by atoms with van der Waals surface area (Å²) in [6.45, 7) is 0. The summed E-state index contributed by atoms with van der Waals surface area (Å²) in [7, 11) is 1.54. The zero-order chi connectivity index (χ0) is 11.1. The molecule has 1 aromatic carbocycles. The number of hydrogen-bond acceptors (Lipinski definition) is 3. The van der Waals surface area contributed by atoms with Gasteiger partial charge in [0, 0.05) is 15.6 Å². The average molecular weight is 272 g/mol. The lowest BCUT2D eigenvalue weighted by Gasteiger charge is -2.39. The molecule has 3 nitrogen and oxygen atoms in total. The summed E-state index contributed by atoms with van der Waals surface area (Å²) in [5, 5.41) is 9.99. The molecule has 1 aromatic rings. The first-order chi connectivity index (χ1) is 7.07. The lowest BCUT2D eigenvalue weighted by Crippen LogP contribution is -2.43. The summed E-state index contributed by atoms with van der Waals surface area (Å²) < 4.78 is 5.97. The number of rotatable bonds is 2. The van der Waals surface area contributed by atoms with Crippen molar-refractivity contribution in [3.05, 3.63) is 22.2 Å². The Bertz CT molecular complexity index is 388. The average Bonchev–Trinajstić information content (AvgIpc) is 2.17. The lowest BCUT2D eigenvalue weighted by atomic mass is 9.72. The van der Waals surface area contributed by atoms with E-state index in [4.69, 9.17) is 10.5 Å². The fraction of sp³-hybridized carbons (Fsp3) is 0.455. The molecule has 0 spiro atoms. The Kier molecular flexibility index (Phi) is 2.64. The maximum atomic E-state index is 9.99. The van der Waals surface area contributed by atoms with Gasteiger partial charge in [-0.05, 0) is 31.4 Å². The van der Waals surface area contributed by atoms with Gasteiger partial charge in [-0.2, -0.15) is 0 Å². The highest BCUT2D eigenvalue weighted by atomic mass is 79.9. The van der Waals surface area contributed by atoms with Crippen molar-refractivity contribution in [3.63, 3.8) is 0 Å². The van der Waals surface area contributed by atoms with E-state index in [1.807, 2.05) is 6.07 Å². The highest BCUT2D eigenvalue weighted by Crippen LogP contribution is 2.46. The van der Waals surface area contributed by atoms with Crippen LogP contribution in [0.1, 0.15) is 24.8 Å². The topological polar surface area (TPSA) is 55.5 Å². The molecule has 1 fully saturated rings. The molecule has 0 heterocycles. The molecule has 3 N–H and O–H groups in total. The predicted octanol–water partition coefficient (Wildman–Crippen LogP) is 2.50. The van der Waals surface area contributed by atoms with Gasteiger partial charge in [0.15, 0.2) is 11.5 Å². The number of methoxy groups -OCH3 is 1. The van der Waals surface area contributed by atoms with Crippen molar-refractivity contribution < 1.29 is 9.84 Å². The van der Waals surface area contributed by atoms with Crippen LogP contribution in [-0.2, 0) is 5.54 Å². The third-order valence-corrected chi connectivity index (χ3v) is 3.50. The van der Waals surface area contributed by atoms with Crippen molar-refractivity contribution in [1.82, 2.24) is 0 Å². The summed E-state index contributed by atoms with van der Waals surface area (Å²) in [4.78, 5) is 0. The second kappa shape index (κ2) is 3.68. The number of aromatic hydroxyl groups is 1. The van der Waals surface area contributed by atoms with Crippen LogP contribution in [0.2, 0.25) is 0 Å². The van der Waals surface area contributed by atoms with Crippen molar-refractivity contribution in [2.75, 3.05) is 7.11 Å². The van der Waals surface area contributed by atoms with E-state index in [2.05, 4.69) is 15.9 Å². The number of ether oxygens (including phenoxy) is 1. The molecule has 2 rings (SSSR count). The third kappa shape index (κ3) is 1.72. The van der Waals surface area contributed by atoms with Crippen LogP contribution in [0.25, 0.3) is 0 Å². The van der Waals surface area contributed by atoms with Crippen LogP contribution in [0.3, 0.4) is 0 Å². The van der Waals surface area contributed by atoms with Gasteiger partial charge in [0.2, 0.25) is 0 Å². The van der Waals surface area contributed by atoms with Crippen molar-refractivity contribution in [1.29, 1.82) is 0 Å². The van der Waals surface area contributed by atoms with Crippen LogP contribution in [0.5, 0.6) is 11.5 Å². The minimum Gasteiger partial charge on any atom is -0.504 e. The number of halogens is 1. The van der Waals surface area contributed by atoms with E-state index < -0.39 is 0 Å². The summed E-state index contributed by atoms with van der Waals surface area (Å²) in [6, 6.07) is 3.61.